The topological polar surface area (TPSA) is 33.6 Å². The van der Waals surface area contributed by atoms with Crippen LogP contribution in [0.1, 0.15) is 32.6 Å². The third-order valence-corrected chi connectivity index (χ3v) is 2.83. The van der Waals surface area contributed by atoms with E-state index in [1.54, 1.807) is 0 Å². The summed E-state index contributed by atoms with van der Waals surface area (Å²) in [4.78, 5) is 4.63. The second-order valence-corrected chi connectivity index (χ2v) is 4.22. The molecular formula is C14H20N2O. The lowest BCUT2D eigenvalue weighted by Crippen LogP contribution is -2.21. The van der Waals surface area contributed by atoms with Crippen molar-refractivity contribution >= 4 is 11.5 Å². The zero-order chi connectivity index (χ0) is 11.9. The number of nitrogens with zero attached hydrogens (tertiary/aromatic N) is 1. The van der Waals surface area contributed by atoms with Crippen molar-refractivity contribution in [2.75, 3.05) is 13.2 Å². The van der Waals surface area contributed by atoms with Crippen molar-refractivity contribution in [3.63, 3.8) is 0 Å². The molecule has 0 radical (unpaired) electrons. The molecule has 0 atom stereocenters. The van der Waals surface area contributed by atoms with Gasteiger partial charge in [0.25, 0.3) is 0 Å². The lowest BCUT2D eigenvalue weighted by Gasteiger charge is -2.06. The quantitative estimate of drug-likeness (QED) is 0.867. The normalized spacial score (nSPS) is 18.5. The molecule has 1 heterocycles. The molecule has 1 aromatic carbocycles. The third kappa shape index (κ3) is 3.77. The Morgan fingerprint density at radius 2 is 2.00 bits per heavy atom. The molecule has 3 heteroatoms. The SMILES string of the molecule is CCOc1ccc(/N=C2\CCCCCN2)cc1. The smallest absolute Gasteiger partial charge is 0.119 e. The summed E-state index contributed by atoms with van der Waals surface area (Å²) in [6, 6.07) is 7.95. The van der Waals surface area contributed by atoms with Gasteiger partial charge in [-0.25, -0.2) is 4.99 Å². The summed E-state index contributed by atoms with van der Waals surface area (Å²) < 4.78 is 5.41. The van der Waals surface area contributed by atoms with E-state index in [0.29, 0.717) is 6.61 Å². The highest BCUT2D eigenvalue weighted by molar-refractivity contribution is 5.84. The van der Waals surface area contributed by atoms with Crippen LogP contribution in [0.4, 0.5) is 5.69 Å². The predicted molar refractivity (Wildman–Crippen MR) is 71.2 cm³/mol. The van der Waals surface area contributed by atoms with E-state index in [9.17, 15) is 0 Å². The van der Waals surface area contributed by atoms with E-state index in [0.717, 1.165) is 30.2 Å². The monoisotopic (exact) mass is 232 g/mol. The Hall–Kier alpha value is -1.51. The van der Waals surface area contributed by atoms with Gasteiger partial charge in [-0.3, -0.25) is 0 Å². The van der Waals surface area contributed by atoms with Crippen LogP contribution < -0.4 is 10.1 Å². The summed E-state index contributed by atoms with van der Waals surface area (Å²) in [6.07, 6.45) is 4.85. The van der Waals surface area contributed by atoms with Crippen LogP contribution in [0.25, 0.3) is 0 Å². The van der Waals surface area contributed by atoms with E-state index < -0.39 is 0 Å². The lowest BCUT2D eigenvalue weighted by atomic mass is 10.2. The van der Waals surface area contributed by atoms with Crippen LogP contribution in [0.5, 0.6) is 5.75 Å². The number of hydrogen-bond donors (Lipinski definition) is 1. The standard InChI is InChI=1S/C14H20N2O/c1-2-17-13-9-7-12(8-10-13)16-14-6-4-3-5-11-15-14/h7-10H,2-6,11H2,1H3,(H,15,16). The van der Waals surface area contributed by atoms with Gasteiger partial charge in [-0.05, 0) is 44.0 Å². The summed E-state index contributed by atoms with van der Waals surface area (Å²) >= 11 is 0. The third-order valence-electron chi connectivity index (χ3n) is 2.83. The summed E-state index contributed by atoms with van der Waals surface area (Å²) in [5, 5.41) is 3.39. The van der Waals surface area contributed by atoms with Gasteiger partial charge in [0.15, 0.2) is 0 Å². The highest BCUT2D eigenvalue weighted by Gasteiger charge is 2.04. The van der Waals surface area contributed by atoms with E-state index in [1.165, 1.54) is 19.3 Å². The van der Waals surface area contributed by atoms with Crippen LogP contribution in [0.15, 0.2) is 29.3 Å². The number of benzene rings is 1. The Bertz CT molecular complexity index is 360. The molecule has 1 aliphatic rings. The van der Waals surface area contributed by atoms with Gasteiger partial charge >= 0.3 is 0 Å². The summed E-state index contributed by atoms with van der Waals surface area (Å²) in [5.74, 6) is 2.02. The van der Waals surface area contributed by atoms with Gasteiger partial charge in [-0.15, -0.1) is 0 Å². The maximum absolute atomic E-state index is 5.41. The Labute approximate surface area is 103 Å². The van der Waals surface area contributed by atoms with Gasteiger partial charge in [0.1, 0.15) is 11.6 Å². The molecule has 92 valence electrons. The van der Waals surface area contributed by atoms with Crippen molar-refractivity contribution in [1.82, 2.24) is 5.32 Å². The molecule has 3 nitrogen and oxygen atoms in total. The number of hydrogen-bond acceptors (Lipinski definition) is 2. The largest absolute Gasteiger partial charge is 0.494 e. The number of nitrogens with one attached hydrogen (secondary N) is 1. The van der Waals surface area contributed by atoms with E-state index in [4.69, 9.17) is 4.74 Å². The van der Waals surface area contributed by atoms with Crippen LogP contribution in [-0.4, -0.2) is 19.0 Å². The minimum Gasteiger partial charge on any atom is -0.494 e. The van der Waals surface area contributed by atoms with Gasteiger partial charge in [0.2, 0.25) is 0 Å². The fourth-order valence-electron chi connectivity index (χ4n) is 1.95. The van der Waals surface area contributed by atoms with Crippen molar-refractivity contribution < 1.29 is 4.74 Å². The minimum absolute atomic E-state index is 0.704. The van der Waals surface area contributed by atoms with E-state index in [2.05, 4.69) is 10.3 Å². The molecule has 0 spiro atoms. The molecule has 0 saturated carbocycles. The Balaban J connectivity index is 2.03. The fraction of sp³-hybridized carbons (Fsp3) is 0.500. The Morgan fingerprint density at radius 3 is 2.76 bits per heavy atom. The van der Waals surface area contributed by atoms with Crippen molar-refractivity contribution in [2.45, 2.75) is 32.6 Å². The van der Waals surface area contributed by atoms with Crippen LogP contribution >= 0.6 is 0 Å². The molecule has 0 aromatic heterocycles. The van der Waals surface area contributed by atoms with Crippen LogP contribution in [0.3, 0.4) is 0 Å². The van der Waals surface area contributed by atoms with Crippen molar-refractivity contribution in [3.05, 3.63) is 24.3 Å². The second kappa shape index (κ2) is 6.28. The molecule has 0 bridgehead atoms. The second-order valence-electron chi connectivity index (χ2n) is 4.22. The summed E-state index contributed by atoms with van der Waals surface area (Å²) in [7, 11) is 0. The molecule has 1 aliphatic heterocycles. The average molecular weight is 232 g/mol. The molecule has 1 aromatic rings. The van der Waals surface area contributed by atoms with E-state index in [-0.39, 0.29) is 0 Å². The molecule has 0 amide bonds. The van der Waals surface area contributed by atoms with Crippen LogP contribution in [0, 0.1) is 0 Å². The minimum atomic E-state index is 0.704. The number of ether oxygens (including phenoxy) is 1. The first-order chi connectivity index (χ1) is 8.38. The van der Waals surface area contributed by atoms with Crippen molar-refractivity contribution in [2.24, 2.45) is 4.99 Å². The van der Waals surface area contributed by atoms with Gasteiger partial charge in [-0.1, -0.05) is 6.42 Å². The first-order valence-corrected chi connectivity index (χ1v) is 6.43. The zero-order valence-corrected chi connectivity index (χ0v) is 10.4. The van der Waals surface area contributed by atoms with E-state index in [1.807, 2.05) is 31.2 Å². The van der Waals surface area contributed by atoms with Crippen LogP contribution in [0.2, 0.25) is 0 Å². The van der Waals surface area contributed by atoms with Crippen molar-refractivity contribution in [3.8, 4) is 5.75 Å². The molecule has 1 N–H and O–H groups in total. The summed E-state index contributed by atoms with van der Waals surface area (Å²) in [6.45, 7) is 3.74. The number of aliphatic imine (C=N–C) groups is 1. The van der Waals surface area contributed by atoms with Crippen LogP contribution in [-0.2, 0) is 0 Å². The molecule has 17 heavy (non-hydrogen) atoms. The van der Waals surface area contributed by atoms with E-state index >= 15 is 0 Å². The Kier molecular flexibility index (Phi) is 4.42. The first kappa shape index (κ1) is 12.0. The lowest BCUT2D eigenvalue weighted by molar-refractivity contribution is 0.340. The number of amidine groups is 1. The maximum Gasteiger partial charge on any atom is 0.119 e. The highest BCUT2D eigenvalue weighted by atomic mass is 16.5. The predicted octanol–water partition coefficient (Wildman–Crippen LogP) is 3.28. The summed E-state index contributed by atoms with van der Waals surface area (Å²) in [5.41, 5.74) is 0.998. The maximum atomic E-state index is 5.41. The Morgan fingerprint density at radius 1 is 1.18 bits per heavy atom. The zero-order valence-electron chi connectivity index (χ0n) is 10.4. The molecule has 0 unspecified atom stereocenters. The first-order valence-electron chi connectivity index (χ1n) is 6.43. The molecule has 1 fully saturated rings. The average Bonchev–Trinajstić information content (AvgIpc) is 2.61. The van der Waals surface area contributed by atoms with Gasteiger partial charge in [-0.2, -0.15) is 0 Å². The molecule has 0 aliphatic carbocycles. The fourth-order valence-corrected chi connectivity index (χ4v) is 1.95. The molecular weight excluding hydrogens is 212 g/mol. The number of rotatable bonds is 3. The van der Waals surface area contributed by atoms with Crippen molar-refractivity contribution in [1.29, 1.82) is 0 Å². The highest BCUT2D eigenvalue weighted by Crippen LogP contribution is 2.19. The molecule has 1 saturated heterocycles. The van der Waals surface area contributed by atoms with Gasteiger partial charge in [0.05, 0.1) is 12.3 Å². The van der Waals surface area contributed by atoms with Gasteiger partial charge in [0, 0.05) is 13.0 Å². The molecule has 2 rings (SSSR count). The van der Waals surface area contributed by atoms with Gasteiger partial charge < -0.3 is 10.1 Å².